The van der Waals surface area contributed by atoms with Gasteiger partial charge in [-0.2, -0.15) is 0 Å². The van der Waals surface area contributed by atoms with Gasteiger partial charge >= 0.3 is 0 Å². The van der Waals surface area contributed by atoms with Crippen LogP contribution in [-0.2, 0) is 0 Å². The van der Waals surface area contributed by atoms with Crippen LogP contribution in [0.2, 0.25) is 0 Å². The Kier molecular flexibility index (Phi) is 5.08. The van der Waals surface area contributed by atoms with Crippen LogP contribution in [0.15, 0.2) is 140 Å². The number of benzene rings is 7. The van der Waals surface area contributed by atoms with Crippen molar-refractivity contribution in [3.05, 3.63) is 145 Å². The van der Waals surface area contributed by atoms with E-state index in [1.54, 1.807) is 0 Å². The Morgan fingerprint density at radius 1 is 0.475 bits per heavy atom. The number of aryl methyl sites for hydroxylation is 1. The maximum Gasteiger partial charge on any atom is 0.111 e. The second kappa shape index (κ2) is 8.93. The predicted octanol–water partition coefficient (Wildman–Crippen LogP) is 10.1. The molecular weight excluding hydrogens is 484 g/mol. The van der Waals surface area contributed by atoms with Crippen LogP contribution in [0, 0.1) is 6.92 Å². The molecule has 0 unspecified atom stereocenters. The summed E-state index contributed by atoms with van der Waals surface area (Å²) >= 11 is 0. The number of fused-ring (bicyclic) bond motifs is 4. The molecule has 7 aromatic carbocycles. The van der Waals surface area contributed by atoms with Crippen LogP contribution in [0.3, 0.4) is 0 Å². The van der Waals surface area contributed by atoms with Crippen LogP contribution in [0.4, 0.5) is 0 Å². The molecule has 0 radical (unpaired) electrons. The lowest BCUT2D eigenvalue weighted by Gasteiger charge is -2.18. The van der Waals surface area contributed by atoms with Gasteiger partial charge in [0.15, 0.2) is 0 Å². The summed E-state index contributed by atoms with van der Waals surface area (Å²) in [6, 6.07) is 50.3. The van der Waals surface area contributed by atoms with Crippen molar-refractivity contribution in [2.75, 3.05) is 0 Å². The molecule has 0 saturated carbocycles. The number of aromatic nitrogens is 2. The molecule has 0 saturated heterocycles. The molecule has 188 valence electrons. The maximum atomic E-state index is 4.89. The molecule has 40 heavy (non-hydrogen) atoms. The van der Waals surface area contributed by atoms with Crippen LogP contribution >= 0.6 is 0 Å². The monoisotopic (exact) mass is 510 g/mol. The normalized spacial score (nSPS) is 11.6. The Labute approximate surface area is 232 Å². The number of nitrogens with zero attached hydrogens (tertiary/aromatic N) is 2. The van der Waals surface area contributed by atoms with Gasteiger partial charge < -0.3 is 0 Å². The minimum atomic E-state index is 0.986. The van der Waals surface area contributed by atoms with Crippen LogP contribution in [0.25, 0.3) is 71.3 Å². The molecule has 1 heterocycles. The van der Waals surface area contributed by atoms with Gasteiger partial charge in [-0.15, -0.1) is 0 Å². The first-order valence-corrected chi connectivity index (χ1v) is 13.7. The highest BCUT2D eigenvalue weighted by molar-refractivity contribution is 6.22. The minimum Gasteiger partial charge on any atom is -0.297 e. The van der Waals surface area contributed by atoms with E-state index in [9.17, 15) is 0 Å². The van der Waals surface area contributed by atoms with Crippen molar-refractivity contribution in [2.24, 2.45) is 0 Å². The summed E-state index contributed by atoms with van der Waals surface area (Å²) in [6.45, 7) is 2.08. The number of imidazole rings is 1. The van der Waals surface area contributed by atoms with Crippen molar-refractivity contribution in [3.8, 4) is 27.9 Å². The van der Waals surface area contributed by atoms with Crippen LogP contribution < -0.4 is 0 Å². The molecule has 0 amide bonds. The van der Waals surface area contributed by atoms with Crippen molar-refractivity contribution in [2.45, 2.75) is 6.92 Å². The highest BCUT2D eigenvalue weighted by Gasteiger charge is 2.18. The summed E-state index contributed by atoms with van der Waals surface area (Å²) in [5.74, 6) is 0.986. The van der Waals surface area contributed by atoms with Gasteiger partial charge in [0.05, 0.1) is 11.0 Å². The predicted molar refractivity (Wildman–Crippen MR) is 169 cm³/mol. The molecule has 0 fully saturated rings. The summed E-state index contributed by atoms with van der Waals surface area (Å²) < 4.78 is 2.26. The molecule has 8 aromatic rings. The smallest absolute Gasteiger partial charge is 0.111 e. The van der Waals surface area contributed by atoms with Gasteiger partial charge in [-0.1, -0.05) is 109 Å². The van der Waals surface area contributed by atoms with Crippen molar-refractivity contribution in [3.63, 3.8) is 0 Å². The Bertz CT molecular complexity index is 2160. The molecule has 0 N–H and O–H groups in total. The van der Waals surface area contributed by atoms with Crippen molar-refractivity contribution in [1.82, 2.24) is 9.55 Å². The van der Waals surface area contributed by atoms with Crippen molar-refractivity contribution in [1.29, 1.82) is 0 Å². The second-order valence-electron chi connectivity index (χ2n) is 10.4. The third-order valence-electron chi connectivity index (χ3n) is 8.09. The van der Waals surface area contributed by atoms with E-state index in [4.69, 9.17) is 4.98 Å². The Morgan fingerprint density at radius 2 is 1.00 bits per heavy atom. The summed E-state index contributed by atoms with van der Waals surface area (Å²) in [5.41, 5.74) is 8.23. The zero-order chi connectivity index (χ0) is 26.6. The third kappa shape index (κ3) is 3.47. The highest BCUT2D eigenvalue weighted by Crippen LogP contribution is 2.44. The van der Waals surface area contributed by atoms with Crippen LogP contribution in [0.1, 0.15) is 5.82 Å². The summed E-state index contributed by atoms with van der Waals surface area (Å²) in [4.78, 5) is 4.89. The third-order valence-corrected chi connectivity index (χ3v) is 8.09. The Hall–Kier alpha value is -5.21. The molecule has 0 aliphatic carbocycles. The van der Waals surface area contributed by atoms with E-state index < -0.39 is 0 Å². The molecule has 8 rings (SSSR count). The van der Waals surface area contributed by atoms with Gasteiger partial charge in [0.25, 0.3) is 0 Å². The Balaban J connectivity index is 1.45. The lowest BCUT2D eigenvalue weighted by atomic mass is 9.85. The van der Waals surface area contributed by atoms with Gasteiger partial charge in [-0.3, -0.25) is 4.57 Å². The molecule has 0 bridgehead atoms. The second-order valence-corrected chi connectivity index (χ2v) is 10.4. The fourth-order valence-electron chi connectivity index (χ4n) is 6.35. The molecule has 0 spiro atoms. The minimum absolute atomic E-state index is 0.986. The first kappa shape index (κ1) is 22.7. The van der Waals surface area contributed by atoms with E-state index in [0.29, 0.717) is 0 Å². The number of rotatable bonds is 3. The van der Waals surface area contributed by atoms with Crippen molar-refractivity contribution < 1.29 is 0 Å². The zero-order valence-electron chi connectivity index (χ0n) is 22.2. The number of para-hydroxylation sites is 1. The van der Waals surface area contributed by atoms with Crippen LogP contribution in [0.5, 0.6) is 0 Å². The van der Waals surface area contributed by atoms with E-state index in [0.717, 1.165) is 22.5 Å². The zero-order valence-corrected chi connectivity index (χ0v) is 22.2. The topological polar surface area (TPSA) is 17.8 Å². The van der Waals surface area contributed by atoms with E-state index >= 15 is 0 Å². The van der Waals surface area contributed by atoms with Gasteiger partial charge in [0.2, 0.25) is 0 Å². The fourth-order valence-corrected chi connectivity index (χ4v) is 6.35. The molecule has 2 heteroatoms. The fraction of sp³-hybridized carbons (Fsp3) is 0.0263. The first-order valence-electron chi connectivity index (χ1n) is 13.7. The van der Waals surface area contributed by atoms with Gasteiger partial charge in [-0.05, 0) is 91.8 Å². The lowest BCUT2D eigenvalue weighted by molar-refractivity contribution is 1.00. The average molecular weight is 511 g/mol. The number of hydrogen-bond donors (Lipinski definition) is 0. The highest BCUT2D eigenvalue weighted by atomic mass is 15.1. The van der Waals surface area contributed by atoms with Gasteiger partial charge in [-0.25, -0.2) is 4.98 Å². The summed E-state index contributed by atoms with van der Waals surface area (Å²) in [5, 5.41) is 7.55. The molecular formula is C38H26N2. The van der Waals surface area contributed by atoms with E-state index in [-0.39, 0.29) is 0 Å². The van der Waals surface area contributed by atoms with Gasteiger partial charge in [0, 0.05) is 5.69 Å². The average Bonchev–Trinajstić information content (AvgIpc) is 3.34. The number of hydrogen-bond acceptors (Lipinski definition) is 1. The lowest BCUT2D eigenvalue weighted by Crippen LogP contribution is -1.96. The summed E-state index contributed by atoms with van der Waals surface area (Å²) in [7, 11) is 0. The molecule has 0 aliphatic rings. The van der Waals surface area contributed by atoms with Crippen molar-refractivity contribution >= 4 is 43.4 Å². The maximum absolute atomic E-state index is 4.89. The first-order chi connectivity index (χ1) is 19.8. The molecule has 0 aliphatic heterocycles. The molecule has 1 aromatic heterocycles. The SMILES string of the molecule is Cc1nc2ccc(-c3c4ccccc4c(-c4ccc5ccccc5c4)c4ccccc34)cc2n1-c1ccccc1. The van der Waals surface area contributed by atoms with Crippen LogP contribution in [-0.4, -0.2) is 9.55 Å². The van der Waals surface area contributed by atoms with E-state index in [1.165, 1.54) is 54.6 Å². The van der Waals surface area contributed by atoms with E-state index in [2.05, 4.69) is 151 Å². The molecule has 0 atom stereocenters. The standard InChI is InChI=1S/C38H26N2/c1-25-39-35-22-21-29(24-36(35)40(25)30-13-3-2-4-14-30)38-33-17-9-7-15-31(33)37(32-16-8-10-18-34(32)38)28-20-19-26-11-5-6-12-27(26)23-28/h2-24H,1H3. The summed E-state index contributed by atoms with van der Waals surface area (Å²) in [6.07, 6.45) is 0. The Morgan fingerprint density at radius 3 is 1.65 bits per heavy atom. The quantitative estimate of drug-likeness (QED) is 0.216. The molecule has 2 nitrogen and oxygen atoms in total. The van der Waals surface area contributed by atoms with Gasteiger partial charge in [0.1, 0.15) is 5.82 Å². The largest absolute Gasteiger partial charge is 0.297 e. The van der Waals surface area contributed by atoms with E-state index in [1.807, 2.05) is 0 Å².